The molecular formula is C11H10N2OS. The van der Waals surface area contributed by atoms with Gasteiger partial charge in [-0.2, -0.15) is 0 Å². The zero-order valence-electron chi connectivity index (χ0n) is 8.23. The van der Waals surface area contributed by atoms with Gasteiger partial charge in [-0.15, -0.1) is 0 Å². The molecule has 0 spiro atoms. The van der Waals surface area contributed by atoms with Gasteiger partial charge < -0.3 is 4.98 Å². The third-order valence-electron chi connectivity index (χ3n) is 2.13. The summed E-state index contributed by atoms with van der Waals surface area (Å²) in [6, 6.07) is 7.72. The standard InChI is InChI=1S/C11H10N2OS/c1-8-3-2-4-9(7-8)13-6-5-12-10(15)11(13)14/h2-7H,1H3,(H,12,15). The topological polar surface area (TPSA) is 37.8 Å². The van der Waals surface area contributed by atoms with Gasteiger partial charge in [-0.1, -0.05) is 24.4 Å². The lowest BCUT2D eigenvalue weighted by Gasteiger charge is -2.05. The SMILES string of the molecule is Cc1cccc(-n2cc[nH]c(=S)c2=O)c1. The number of aryl methyl sites for hydroxylation is 1. The fourth-order valence-corrected chi connectivity index (χ4v) is 1.57. The molecule has 0 bridgehead atoms. The van der Waals surface area contributed by atoms with Crippen molar-refractivity contribution in [2.24, 2.45) is 0 Å². The number of nitrogens with one attached hydrogen (secondary N) is 1. The zero-order valence-corrected chi connectivity index (χ0v) is 9.04. The average Bonchev–Trinajstić information content (AvgIpc) is 2.22. The van der Waals surface area contributed by atoms with E-state index in [1.165, 1.54) is 4.57 Å². The van der Waals surface area contributed by atoms with E-state index in [0.29, 0.717) is 0 Å². The number of nitrogens with zero attached hydrogens (tertiary/aromatic N) is 1. The molecule has 3 nitrogen and oxygen atoms in total. The fourth-order valence-electron chi connectivity index (χ4n) is 1.41. The number of H-pyrrole nitrogens is 1. The number of rotatable bonds is 1. The number of hydrogen-bond acceptors (Lipinski definition) is 2. The molecule has 0 aliphatic heterocycles. The van der Waals surface area contributed by atoms with Crippen LogP contribution in [0.4, 0.5) is 0 Å². The Kier molecular flexibility index (Phi) is 2.51. The van der Waals surface area contributed by atoms with E-state index >= 15 is 0 Å². The van der Waals surface area contributed by atoms with Gasteiger partial charge in [0.25, 0.3) is 5.56 Å². The molecule has 0 unspecified atom stereocenters. The summed E-state index contributed by atoms with van der Waals surface area (Å²) < 4.78 is 1.75. The first kappa shape index (κ1) is 9.86. The van der Waals surface area contributed by atoms with Gasteiger partial charge in [0, 0.05) is 18.1 Å². The number of aromatic nitrogens is 2. The van der Waals surface area contributed by atoms with Crippen LogP contribution in [0.5, 0.6) is 0 Å². The van der Waals surface area contributed by atoms with Crippen LogP contribution in [-0.2, 0) is 0 Å². The Labute approximate surface area is 92.0 Å². The maximum atomic E-state index is 11.7. The van der Waals surface area contributed by atoms with Gasteiger partial charge in [0.2, 0.25) is 0 Å². The Hall–Kier alpha value is -1.68. The van der Waals surface area contributed by atoms with Crippen LogP contribution in [-0.4, -0.2) is 9.55 Å². The van der Waals surface area contributed by atoms with Crippen molar-refractivity contribution in [2.75, 3.05) is 0 Å². The summed E-state index contributed by atoms with van der Waals surface area (Å²) in [6.07, 6.45) is 3.33. The van der Waals surface area contributed by atoms with E-state index in [4.69, 9.17) is 12.2 Å². The molecule has 76 valence electrons. The lowest BCUT2D eigenvalue weighted by Crippen LogP contribution is -2.18. The third-order valence-corrected chi connectivity index (χ3v) is 2.42. The highest BCUT2D eigenvalue weighted by molar-refractivity contribution is 7.71. The predicted octanol–water partition coefficient (Wildman–Crippen LogP) is 2.20. The van der Waals surface area contributed by atoms with Crippen molar-refractivity contribution in [1.29, 1.82) is 0 Å². The second-order valence-corrected chi connectivity index (χ2v) is 3.71. The molecule has 1 aromatic heterocycles. The van der Waals surface area contributed by atoms with E-state index in [1.54, 1.807) is 12.4 Å². The van der Waals surface area contributed by atoms with Crippen molar-refractivity contribution >= 4 is 12.2 Å². The Bertz CT molecular complexity index is 598. The van der Waals surface area contributed by atoms with E-state index in [1.807, 2.05) is 31.2 Å². The highest BCUT2D eigenvalue weighted by atomic mass is 32.1. The van der Waals surface area contributed by atoms with E-state index in [-0.39, 0.29) is 10.2 Å². The van der Waals surface area contributed by atoms with Crippen molar-refractivity contribution < 1.29 is 0 Å². The lowest BCUT2D eigenvalue weighted by atomic mass is 10.2. The molecule has 0 aliphatic carbocycles. The number of aromatic amines is 1. The highest BCUT2D eigenvalue weighted by Crippen LogP contribution is 2.06. The van der Waals surface area contributed by atoms with Crippen LogP contribution in [0, 0.1) is 11.6 Å². The van der Waals surface area contributed by atoms with Crippen LogP contribution in [0.15, 0.2) is 41.5 Å². The molecule has 1 heterocycles. The van der Waals surface area contributed by atoms with Crippen LogP contribution < -0.4 is 5.56 Å². The molecule has 0 saturated heterocycles. The van der Waals surface area contributed by atoms with Gasteiger partial charge in [-0.25, -0.2) is 0 Å². The molecule has 0 amide bonds. The Morgan fingerprint density at radius 3 is 2.93 bits per heavy atom. The monoisotopic (exact) mass is 218 g/mol. The molecule has 2 rings (SSSR count). The normalized spacial score (nSPS) is 10.2. The van der Waals surface area contributed by atoms with Gasteiger partial charge in [-0.3, -0.25) is 9.36 Å². The lowest BCUT2D eigenvalue weighted by molar-refractivity contribution is 0.944. The van der Waals surface area contributed by atoms with Crippen LogP contribution >= 0.6 is 12.2 Å². The van der Waals surface area contributed by atoms with Crippen molar-refractivity contribution in [3.05, 3.63) is 57.2 Å². The maximum absolute atomic E-state index is 11.7. The summed E-state index contributed by atoms with van der Waals surface area (Å²) in [5, 5.41) is 0. The quantitative estimate of drug-likeness (QED) is 0.745. The first-order valence-corrected chi connectivity index (χ1v) is 4.97. The molecule has 15 heavy (non-hydrogen) atoms. The highest BCUT2D eigenvalue weighted by Gasteiger charge is 1.99. The minimum atomic E-state index is -0.196. The second kappa shape index (κ2) is 3.82. The van der Waals surface area contributed by atoms with Crippen molar-refractivity contribution in [3.8, 4) is 5.69 Å². The van der Waals surface area contributed by atoms with Crippen molar-refractivity contribution in [1.82, 2.24) is 9.55 Å². The summed E-state index contributed by atoms with van der Waals surface area (Å²) in [5.41, 5.74) is 1.75. The van der Waals surface area contributed by atoms with E-state index < -0.39 is 0 Å². The fraction of sp³-hybridized carbons (Fsp3) is 0.0909. The van der Waals surface area contributed by atoms with Crippen LogP contribution in [0.25, 0.3) is 5.69 Å². The Morgan fingerprint density at radius 1 is 1.40 bits per heavy atom. The summed E-state index contributed by atoms with van der Waals surface area (Å²) in [6.45, 7) is 1.98. The van der Waals surface area contributed by atoms with E-state index in [9.17, 15) is 4.79 Å². The van der Waals surface area contributed by atoms with Crippen LogP contribution in [0.3, 0.4) is 0 Å². The van der Waals surface area contributed by atoms with Crippen LogP contribution in [0.2, 0.25) is 0 Å². The molecule has 4 heteroatoms. The molecule has 0 aliphatic rings. The molecule has 0 radical (unpaired) electrons. The van der Waals surface area contributed by atoms with Crippen molar-refractivity contribution in [3.63, 3.8) is 0 Å². The molecule has 2 aromatic rings. The van der Waals surface area contributed by atoms with E-state index in [0.717, 1.165) is 11.3 Å². The summed E-state index contributed by atoms with van der Waals surface area (Å²) in [5.74, 6) is 0. The van der Waals surface area contributed by atoms with Gasteiger partial charge in [0.05, 0.1) is 0 Å². The maximum Gasteiger partial charge on any atom is 0.290 e. The molecular weight excluding hydrogens is 208 g/mol. The Morgan fingerprint density at radius 2 is 2.20 bits per heavy atom. The minimum Gasteiger partial charge on any atom is -0.347 e. The van der Waals surface area contributed by atoms with Crippen molar-refractivity contribution in [2.45, 2.75) is 6.92 Å². The molecule has 0 atom stereocenters. The van der Waals surface area contributed by atoms with Gasteiger partial charge >= 0.3 is 0 Å². The second-order valence-electron chi connectivity index (χ2n) is 3.30. The summed E-state index contributed by atoms with van der Waals surface area (Å²) in [4.78, 5) is 14.4. The molecule has 0 saturated carbocycles. The third kappa shape index (κ3) is 1.89. The molecule has 1 N–H and O–H groups in total. The largest absolute Gasteiger partial charge is 0.347 e. The van der Waals surface area contributed by atoms with Gasteiger partial charge in [-0.05, 0) is 24.6 Å². The van der Waals surface area contributed by atoms with E-state index in [2.05, 4.69) is 4.98 Å². The smallest absolute Gasteiger partial charge is 0.290 e. The van der Waals surface area contributed by atoms with Crippen LogP contribution in [0.1, 0.15) is 5.56 Å². The zero-order chi connectivity index (χ0) is 10.8. The summed E-state index contributed by atoms with van der Waals surface area (Å²) in [7, 11) is 0. The summed E-state index contributed by atoms with van der Waals surface area (Å²) >= 11 is 4.88. The first-order chi connectivity index (χ1) is 7.18. The van der Waals surface area contributed by atoms with Gasteiger partial charge in [0.1, 0.15) is 0 Å². The molecule has 0 fully saturated rings. The minimum absolute atomic E-state index is 0.196. The average molecular weight is 218 g/mol. The number of benzene rings is 1. The first-order valence-electron chi connectivity index (χ1n) is 4.56. The Balaban J connectivity index is 2.70. The predicted molar refractivity (Wildman–Crippen MR) is 62.0 cm³/mol. The molecule has 1 aromatic carbocycles. The number of hydrogen-bond donors (Lipinski definition) is 1. The van der Waals surface area contributed by atoms with Gasteiger partial charge in [0.15, 0.2) is 4.64 Å².